The maximum atomic E-state index is 12.0. The Balaban J connectivity index is 1.61. The van der Waals surface area contributed by atoms with E-state index in [1.54, 1.807) is 24.6 Å². The van der Waals surface area contributed by atoms with Crippen LogP contribution in [0.5, 0.6) is 0 Å². The number of hydrogen-bond donors (Lipinski definition) is 2. The van der Waals surface area contributed by atoms with Crippen molar-refractivity contribution in [3.8, 4) is 0 Å². The lowest BCUT2D eigenvalue weighted by Crippen LogP contribution is -2.23. The Labute approximate surface area is 134 Å². The average Bonchev–Trinajstić information content (AvgIpc) is 3.07. The number of pyridine rings is 1. The molecule has 0 radical (unpaired) electrons. The molecule has 0 saturated heterocycles. The van der Waals surface area contributed by atoms with E-state index >= 15 is 0 Å². The second-order valence-corrected chi connectivity index (χ2v) is 5.19. The molecule has 23 heavy (non-hydrogen) atoms. The fourth-order valence-electron chi connectivity index (χ4n) is 2.16. The minimum Gasteiger partial charge on any atom is -0.467 e. The number of anilines is 2. The summed E-state index contributed by atoms with van der Waals surface area (Å²) in [6, 6.07) is 15.2. The van der Waals surface area contributed by atoms with Crippen molar-refractivity contribution >= 4 is 17.3 Å². The van der Waals surface area contributed by atoms with E-state index in [4.69, 9.17) is 4.42 Å². The summed E-state index contributed by atoms with van der Waals surface area (Å²) >= 11 is 0. The van der Waals surface area contributed by atoms with Gasteiger partial charge in [-0.3, -0.25) is 4.79 Å². The summed E-state index contributed by atoms with van der Waals surface area (Å²) in [4.78, 5) is 16.2. The fourth-order valence-corrected chi connectivity index (χ4v) is 2.16. The Kier molecular flexibility index (Phi) is 4.38. The Hall–Kier alpha value is -3.08. The van der Waals surface area contributed by atoms with E-state index < -0.39 is 0 Å². The molecule has 2 aromatic heterocycles. The number of nitrogens with zero attached hydrogens (tertiary/aromatic N) is 1. The highest BCUT2D eigenvalue weighted by atomic mass is 16.3. The van der Waals surface area contributed by atoms with Crippen LogP contribution in [0.25, 0.3) is 0 Å². The van der Waals surface area contributed by atoms with Crippen molar-refractivity contribution in [3.63, 3.8) is 0 Å². The van der Waals surface area contributed by atoms with Crippen molar-refractivity contribution in [2.24, 2.45) is 0 Å². The van der Waals surface area contributed by atoms with Crippen molar-refractivity contribution in [3.05, 3.63) is 78.0 Å². The standard InChI is InChI=1S/C18H17N3O2/c1-13-4-2-5-14(10-13)21-15-7-8-17(19-11-15)18(22)20-12-16-6-3-9-23-16/h2-11,21H,12H2,1H3,(H,20,22). The molecule has 0 saturated carbocycles. The van der Waals surface area contributed by atoms with Crippen molar-refractivity contribution in [1.29, 1.82) is 0 Å². The highest BCUT2D eigenvalue weighted by Gasteiger charge is 2.07. The highest BCUT2D eigenvalue weighted by Crippen LogP contribution is 2.16. The van der Waals surface area contributed by atoms with E-state index in [9.17, 15) is 4.79 Å². The number of benzene rings is 1. The van der Waals surface area contributed by atoms with Gasteiger partial charge in [0.25, 0.3) is 5.91 Å². The van der Waals surface area contributed by atoms with Crippen LogP contribution in [0.1, 0.15) is 21.8 Å². The van der Waals surface area contributed by atoms with Gasteiger partial charge < -0.3 is 15.1 Å². The van der Waals surface area contributed by atoms with Crippen molar-refractivity contribution in [2.75, 3.05) is 5.32 Å². The maximum absolute atomic E-state index is 12.0. The Morgan fingerprint density at radius 1 is 1.13 bits per heavy atom. The molecule has 2 heterocycles. The van der Waals surface area contributed by atoms with Gasteiger partial charge in [0.2, 0.25) is 0 Å². The minimum atomic E-state index is -0.233. The molecule has 0 aliphatic rings. The van der Waals surface area contributed by atoms with Crippen LogP contribution in [-0.4, -0.2) is 10.9 Å². The summed E-state index contributed by atoms with van der Waals surface area (Å²) in [5, 5.41) is 6.02. The second kappa shape index (κ2) is 6.79. The molecular formula is C18H17N3O2. The summed E-state index contributed by atoms with van der Waals surface area (Å²) in [6.45, 7) is 2.38. The monoisotopic (exact) mass is 307 g/mol. The first-order valence-corrected chi connectivity index (χ1v) is 7.31. The predicted molar refractivity (Wildman–Crippen MR) is 88.6 cm³/mol. The molecule has 1 amide bonds. The number of aryl methyl sites for hydroxylation is 1. The lowest BCUT2D eigenvalue weighted by atomic mass is 10.2. The molecule has 0 spiro atoms. The van der Waals surface area contributed by atoms with Gasteiger partial charge in [-0.05, 0) is 48.9 Å². The number of amides is 1. The third-order valence-corrected chi connectivity index (χ3v) is 3.31. The molecule has 0 aliphatic carbocycles. The smallest absolute Gasteiger partial charge is 0.270 e. The lowest BCUT2D eigenvalue weighted by molar-refractivity contribution is 0.0943. The number of nitrogens with one attached hydrogen (secondary N) is 2. The van der Waals surface area contributed by atoms with Crippen molar-refractivity contribution in [1.82, 2.24) is 10.3 Å². The van der Waals surface area contributed by atoms with Crippen LogP contribution in [0.15, 0.2) is 65.4 Å². The highest BCUT2D eigenvalue weighted by molar-refractivity contribution is 5.92. The van der Waals surface area contributed by atoms with Crippen LogP contribution in [0.2, 0.25) is 0 Å². The topological polar surface area (TPSA) is 67.2 Å². The van der Waals surface area contributed by atoms with Crippen LogP contribution < -0.4 is 10.6 Å². The molecule has 2 N–H and O–H groups in total. The van der Waals surface area contributed by atoms with Gasteiger partial charge in [-0.1, -0.05) is 12.1 Å². The van der Waals surface area contributed by atoms with E-state index in [1.165, 1.54) is 5.56 Å². The number of furan rings is 1. The Morgan fingerprint density at radius 3 is 2.74 bits per heavy atom. The first-order valence-electron chi connectivity index (χ1n) is 7.31. The van der Waals surface area contributed by atoms with Gasteiger partial charge in [0.1, 0.15) is 11.5 Å². The molecule has 0 atom stereocenters. The number of aromatic nitrogens is 1. The van der Waals surface area contributed by atoms with E-state index in [0.29, 0.717) is 18.0 Å². The number of carbonyl (C=O) groups excluding carboxylic acids is 1. The zero-order valence-corrected chi connectivity index (χ0v) is 12.7. The van der Waals surface area contributed by atoms with Crippen LogP contribution in [0.3, 0.4) is 0 Å². The predicted octanol–water partition coefficient (Wildman–Crippen LogP) is 3.66. The Bertz CT molecular complexity index is 780. The molecule has 0 aliphatic heterocycles. The lowest BCUT2D eigenvalue weighted by Gasteiger charge is -2.08. The summed E-state index contributed by atoms with van der Waals surface area (Å²) in [6.07, 6.45) is 3.22. The largest absolute Gasteiger partial charge is 0.467 e. The van der Waals surface area contributed by atoms with Crippen LogP contribution in [0, 0.1) is 6.92 Å². The van der Waals surface area contributed by atoms with Crippen molar-refractivity contribution < 1.29 is 9.21 Å². The molecule has 0 fully saturated rings. The molecule has 116 valence electrons. The van der Waals surface area contributed by atoms with E-state index in [2.05, 4.69) is 15.6 Å². The summed E-state index contributed by atoms with van der Waals surface area (Å²) < 4.78 is 5.17. The molecule has 5 heteroatoms. The van der Waals surface area contributed by atoms with E-state index in [0.717, 1.165) is 11.4 Å². The number of rotatable bonds is 5. The van der Waals surface area contributed by atoms with Gasteiger partial charge in [-0.15, -0.1) is 0 Å². The minimum absolute atomic E-state index is 0.233. The van der Waals surface area contributed by atoms with Gasteiger partial charge in [0.05, 0.1) is 24.7 Å². The molecule has 5 nitrogen and oxygen atoms in total. The Morgan fingerprint density at radius 2 is 2.04 bits per heavy atom. The quantitative estimate of drug-likeness (QED) is 0.755. The normalized spacial score (nSPS) is 10.3. The first kappa shape index (κ1) is 14.8. The molecule has 0 bridgehead atoms. The summed E-state index contributed by atoms with van der Waals surface area (Å²) in [7, 11) is 0. The molecule has 3 aromatic rings. The van der Waals surface area contributed by atoms with Gasteiger partial charge in [-0.2, -0.15) is 0 Å². The molecule has 0 unspecified atom stereocenters. The van der Waals surface area contributed by atoms with E-state index in [1.807, 2.05) is 43.3 Å². The van der Waals surface area contributed by atoms with Gasteiger partial charge in [0, 0.05) is 5.69 Å². The second-order valence-electron chi connectivity index (χ2n) is 5.19. The van der Waals surface area contributed by atoms with Gasteiger partial charge in [0.15, 0.2) is 0 Å². The third kappa shape index (κ3) is 3.97. The maximum Gasteiger partial charge on any atom is 0.270 e. The molecule has 3 rings (SSSR count). The number of carbonyl (C=O) groups is 1. The third-order valence-electron chi connectivity index (χ3n) is 3.31. The molecule has 1 aromatic carbocycles. The number of hydrogen-bond acceptors (Lipinski definition) is 4. The van der Waals surface area contributed by atoms with E-state index in [-0.39, 0.29) is 5.91 Å². The van der Waals surface area contributed by atoms with Gasteiger partial charge >= 0.3 is 0 Å². The van der Waals surface area contributed by atoms with Crippen LogP contribution in [-0.2, 0) is 6.54 Å². The fraction of sp³-hybridized carbons (Fsp3) is 0.111. The first-order chi connectivity index (χ1) is 11.2. The summed E-state index contributed by atoms with van der Waals surface area (Å²) in [5.74, 6) is 0.472. The summed E-state index contributed by atoms with van der Waals surface area (Å²) in [5.41, 5.74) is 3.36. The molecular weight excluding hydrogens is 290 g/mol. The zero-order valence-electron chi connectivity index (χ0n) is 12.7. The van der Waals surface area contributed by atoms with Gasteiger partial charge in [-0.25, -0.2) is 4.98 Å². The van der Waals surface area contributed by atoms with Crippen molar-refractivity contribution in [2.45, 2.75) is 13.5 Å². The zero-order chi connectivity index (χ0) is 16.1. The average molecular weight is 307 g/mol. The van der Waals surface area contributed by atoms with Crippen LogP contribution >= 0.6 is 0 Å². The SMILES string of the molecule is Cc1cccc(Nc2ccc(C(=O)NCc3ccco3)nc2)c1. The van der Waals surface area contributed by atoms with Crippen LogP contribution in [0.4, 0.5) is 11.4 Å².